The molecule has 0 saturated heterocycles. The molecule has 10 aromatic rings. The van der Waals surface area contributed by atoms with Gasteiger partial charge in [-0.1, -0.05) is 140 Å². The van der Waals surface area contributed by atoms with E-state index < -0.39 is 0 Å². The molecule has 0 radical (unpaired) electrons. The van der Waals surface area contributed by atoms with Crippen LogP contribution >= 0.6 is 0 Å². The second-order valence-corrected chi connectivity index (χ2v) is 12.8. The van der Waals surface area contributed by atoms with Crippen LogP contribution in [0.25, 0.3) is 93.2 Å². The van der Waals surface area contributed by atoms with E-state index in [4.69, 9.17) is 4.98 Å². The maximum Gasteiger partial charge on any atom is 0.100 e. The molecule has 228 valence electrons. The summed E-state index contributed by atoms with van der Waals surface area (Å²) in [5.74, 6) is 0. The standard InChI is InChI=1S/C47H30N2/c1-2-15-38(16-3-1)49-30-48-47-39(19-10-20-44(47)49)35-25-26-42-43(29-35)46(37-24-22-32-12-5-7-14-34(32)28-37)41-18-9-8-17-40(41)45(42)36-23-21-31-11-4-6-13-33(31)27-36/h1-30H. The first kappa shape index (κ1) is 27.6. The van der Waals surface area contributed by atoms with Crippen LogP contribution in [0.1, 0.15) is 0 Å². The molecule has 0 amide bonds. The minimum Gasteiger partial charge on any atom is -0.299 e. The van der Waals surface area contributed by atoms with Gasteiger partial charge in [0, 0.05) is 11.3 Å². The largest absolute Gasteiger partial charge is 0.299 e. The molecule has 0 N–H and O–H groups in total. The molecule has 0 atom stereocenters. The Morgan fingerprint density at radius 2 is 0.918 bits per heavy atom. The highest BCUT2D eigenvalue weighted by Gasteiger charge is 2.19. The van der Waals surface area contributed by atoms with Crippen LogP contribution in [-0.4, -0.2) is 9.55 Å². The maximum absolute atomic E-state index is 4.97. The fourth-order valence-corrected chi connectivity index (χ4v) is 7.72. The highest BCUT2D eigenvalue weighted by Crippen LogP contribution is 2.46. The van der Waals surface area contributed by atoms with Gasteiger partial charge in [0.05, 0.1) is 11.0 Å². The molecule has 9 aromatic carbocycles. The first-order chi connectivity index (χ1) is 24.3. The summed E-state index contributed by atoms with van der Waals surface area (Å²) < 4.78 is 2.17. The molecule has 0 fully saturated rings. The molecule has 49 heavy (non-hydrogen) atoms. The minimum atomic E-state index is 0.994. The molecular formula is C47H30N2. The van der Waals surface area contributed by atoms with E-state index >= 15 is 0 Å². The van der Waals surface area contributed by atoms with Crippen molar-refractivity contribution in [3.8, 4) is 39.1 Å². The van der Waals surface area contributed by atoms with E-state index in [-0.39, 0.29) is 0 Å². The van der Waals surface area contributed by atoms with Crippen LogP contribution in [0.2, 0.25) is 0 Å². The summed E-state index contributed by atoms with van der Waals surface area (Å²) in [6.45, 7) is 0. The molecule has 1 aromatic heterocycles. The Labute approximate surface area is 284 Å². The van der Waals surface area contributed by atoms with Crippen molar-refractivity contribution in [2.24, 2.45) is 0 Å². The van der Waals surface area contributed by atoms with E-state index in [1.807, 2.05) is 12.4 Å². The summed E-state index contributed by atoms with van der Waals surface area (Å²) in [6.07, 6.45) is 1.94. The Kier molecular flexibility index (Phi) is 6.22. The Balaban J connectivity index is 1.29. The van der Waals surface area contributed by atoms with Gasteiger partial charge in [0.25, 0.3) is 0 Å². The molecule has 2 nitrogen and oxygen atoms in total. The van der Waals surface area contributed by atoms with Gasteiger partial charge in [0.1, 0.15) is 6.33 Å². The summed E-state index contributed by atoms with van der Waals surface area (Å²) >= 11 is 0. The summed E-state index contributed by atoms with van der Waals surface area (Å²) in [5.41, 5.74) is 10.4. The minimum absolute atomic E-state index is 0.994. The monoisotopic (exact) mass is 622 g/mol. The third kappa shape index (κ3) is 4.46. The highest BCUT2D eigenvalue weighted by molar-refractivity contribution is 6.22. The van der Waals surface area contributed by atoms with E-state index in [1.165, 1.54) is 65.3 Å². The fourth-order valence-electron chi connectivity index (χ4n) is 7.72. The van der Waals surface area contributed by atoms with Gasteiger partial charge in [0.2, 0.25) is 0 Å². The predicted molar refractivity (Wildman–Crippen MR) is 207 cm³/mol. The van der Waals surface area contributed by atoms with Gasteiger partial charge in [-0.3, -0.25) is 4.57 Å². The number of imidazole rings is 1. The number of hydrogen-bond acceptors (Lipinski definition) is 1. The number of nitrogens with zero attached hydrogens (tertiary/aromatic N) is 2. The molecule has 10 rings (SSSR count). The quantitative estimate of drug-likeness (QED) is 0.179. The van der Waals surface area contributed by atoms with Crippen molar-refractivity contribution in [3.05, 3.63) is 182 Å². The maximum atomic E-state index is 4.97. The lowest BCUT2D eigenvalue weighted by Gasteiger charge is -2.19. The molecule has 0 aliphatic rings. The number of aromatic nitrogens is 2. The van der Waals surface area contributed by atoms with Crippen LogP contribution in [0, 0.1) is 0 Å². The Morgan fingerprint density at radius 3 is 1.59 bits per heavy atom. The lowest BCUT2D eigenvalue weighted by atomic mass is 9.84. The second kappa shape index (κ2) is 11.0. The van der Waals surface area contributed by atoms with Crippen LogP contribution in [0.4, 0.5) is 0 Å². The van der Waals surface area contributed by atoms with Crippen LogP contribution in [0.3, 0.4) is 0 Å². The van der Waals surface area contributed by atoms with Gasteiger partial charge in [0.15, 0.2) is 0 Å². The number of fused-ring (bicyclic) bond motifs is 5. The van der Waals surface area contributed by atoms with Crippen molar-refractivity contribution in [3.63, 3.8) is 0 Å². The lowest BCUT2D eigenvalue weighted by Crippen LogP contribution is -1.93. The summed E-state index contributed by atoms with van der Waals surface area (Å²) in [5, 5.41) is 9.95. The van der Waals surface area contributed by atoms with Gasteiger partial charge in [-0.2, -0.15) is 0 Å². The summed E-state index contributed by atoms with van der Waals surface area (Å²) in [7, 11) is 0. The van der Waals surface area contributed by atoms with Crippen molar-refractivity contribution >= 4 is 54.1 Å². The average Bonchev–Trinajstić information content (AvgIpc) is 3.61. The van der Waals surface area contributed by atoms with Crippen LogP contribution in [-0.2, 0) is 0 Å². The van der Waals surface area contributed by atoms with Crippen LogP contribution < -0.4 is 0 Å². The Morgan fingerprint density at radius 1 is 0.367 bits per heavy atom. The predicted octanol–water partition coefficient (Wildman–Crippen LogP) is 12.6. The van der Waals surface area contributed by atoms with E-state index in [0.29, 0.717) is 0 Å². The molecular weight excluding hydrogens is 593 g/mol. The zero-order valence-electron chi connectivity index (χ0n) is 26.7. The Bertz CT molecular complexity index is 2880. The van der Waals surface area contributed by atoms with Gasteiger partial charge >= 0.3 is 0 Å². The molecule has 0 bridgehead atoms. The molecule has 1 heterocycles. The molecule has 0 saturated carbocycles. The third-order valence-electron chi connectivity index (χ3n) is 10.0. The first-order valence-corrected chi connectivity index (χ1v) is 16.8. The smallest absolute Gasteiger partial charge is 0.100 e. The fraction of sp³-hybridized carbons (Fsp3) is 0. The SMILES string of the molecule is c1ccc(-n2cnc3c(-c4ccc5c(-c6ccc7ccccc7c6)c6ccccc6c(-c6ccc7ccccc7c6)c5c4)cccc32)cc1. The van der Waals surface area contributed by atoms with E-state index in [2.05, 4.69) is 174 Å². The van der Waals surface area contributed by atoms with Gasteiger partial charge in [-0.05, 0) is 107 Å². The number of rotatable bonds is 4. The molecule has 0 spiro atoms. The second-order valence-electron chi connectivity index (χ2n) is 12.8. The first-order valence-electron chi connectivity index (χ1n) is 16.8. The van der Waals surface area contributed by atoms with E-state index in [1.54, 1.807) is 0 Å². The summed E-state index contributed by atoms with van der Waals surface area (Å²) in [4.78, 5) is 4.97. The number of hydrogen-bond donors (Lipinski definition) is 0. The normalized spacial score (nSPS) is 11.7. The zero-order valence-corrected chi connectivity index (χ0v) is 26.7. The van der Waals surface area contributed by atoms with Crippen molar-refractivity contribution in [2.75, 3.05) is 0 Å². The summed E-state index contributed by atoms with van der Waals surface area (Å²) in [6, 6.07) is 63.9. The van der Waals surface area contributed by atoms with Gasteiger partial charge in [-0.15, -0.1) is 0 Å². The Hall–Kier alpha value is -6.51. The van der Waals surface area contributed by atoms with E-state index in [0.717, 1.165) is 27.8 Å². The molecule has 0 aliphatic heterocycles. The van der Waals surface area contributed by atoms with Gasteiger partial charge < -0.3 is 0 Å². The van der Waals surface area contributed by atoms with Gasteiger partial charge in [-0.25, -0.2) is 4.98 Å². The zero-order chi connectivity index (χ0) is 32.3. The van der Waals surface area contributed by atoms with E-state index in [9.17, 15) is 0 Å². The van der Waals surface area contributed by atoms with Crippen molar-refractivity contribution in [1.82, 2.24) is 9.55 Å². The molecule has 0 aliphatic carbocycles. The third-order valence-corrected chi connectivity index (χ3v) is 10.0. The van der Waals surface area contributed by atoms with Crippen molar-refractivity contribution < 1.29 is 0 Å². The number of para-hydroxylation sites is 2. The van der Waals surface area contributed by atoms with Crippen LogP contribution in [0.15, 0.2) is 182 Å². The molecule has 2 heteroatoms. The average molecular weight is 623 g/mol. The lowest BCUT2D eigenvalue weighted by molar-refractivity contribution is 1.09. The van der Waals surface area contributed by atoms with Crippen molar-refractivity contribution in [2.45, 2.75) is 0 Å². The topological polar surface area (TPSA) is 17.8 Å². The number of benzene rings is 9. The van der Waals surface area contributed by atoms with Crippen LogP contribution in [0.5, 0.6) is 0 Å². The van der Waals surface area contributed by atoms with Crippen molar-refractivity contribution in [1.29, 1.82) is 0 Å². The highest BCUT2D eigenvalue weighted by atomic mass is 15.0. The molecule has 0 unspecified atom stereocenters.